The van der Waals surface area contributed by atoms with Gasteiger partial charge in [0.05, 0.1) is 0 Å². The van der Waals surface area contributed by atoms with Gasteiger partial charge in [0.15, 0.2) is 0 Å². The molecule has 0 saturated carbocycles. The highest BCUT2D eigenvalue weighted by Gasteiger charge is 2.22. The molecule has 1 heterocycles. The second-order valence-electron chi connectivity index (χ2n) is 5.45. The van der Waals surface area contributed by atoms with Gasteiger partial charge in [0.25, 0.3) is 0 Å². The summed E-state index contributed by atoms with van der Waals surface area (Å²) in [4.78, 5) is 25.4. The van der Waals surface area contributed by atoms with Gasteiger partial charge < -0.3 is 5.32 Å². The number of urea groups is 1. The fraction of sp³-hybridized carbons (Fsp3) is 0.222. The van der Waals surface area contributed by atoms with Crippen LogP contribution in [0.3, 0.4) is 0 Å². The quantitative estimate of drug-likeness (QED) is 0.857. The lowest BCUT2D eigenvalue weighted by Crippen LogP contribution is -2.38. The number of rotatable bonds is 2. The lowest BCUT2D eigenvalue weighted by atomic mass is 10.0. The summed E-state index contributed by atoms with van der Waals surface area (Å²) in [6.07, 6.45) is 2.76. The molecule has 0 atom stereocenters. The maximum Gasteiger partial charge on any atom is 0.326 e. The van der Waals surface area contributed by atoms with Crippen LogP contribution < -0.4 is 10.2 Å². The van der Waals surface area contributed by atoms with Crippen molar-refractivity contribution in [2.75, 3.05) is 16.8 Å². The van der Waals surface area contributed by atoms with E-state index in [0.717, 1.165) is 30.4 Å². The largest absolute Gasteiger partial charge is 0.326 e. The minimum Gasteiger partial charge on any atom is -0.307 e. The van der Waals surface area contributed by atoms with Crippen molar-refractivity contribution >= 4 is 23.7 Å². The number of benzene rings is 2. The van der Waals surface area contributed by atoms with Crippen molar-refractivity contribution in [1.82, 2.24) is 0 Å². The Morgan fingerprint density at radius 3 is 2.82 bits per heavy atom. The monoisotopic (exact) mass is 294 g/mol. The van der Waals surface area contributed by atoms with Crippen LogP contribution in [0.1, 0.15) is 27.9 Å². The van der Waals surface area contributed by atoms with E-state index in [1.54, 1.807) is 17.0 Å². The number of hydrogen-bond acceptors (Lipinski definition) is 2. The van der Waals surface area contributed by atoms with Gasteiger partial charge in [-0.1, -0.05) is 30.3 Å². The van der Waals surface area contributed by atoms with Crippen molar-refractivity contribution in [3.05, 3.63) is 59.2 Å². The Bertz CT molecular complexity index is 725. The number of carbonyl (C=O) groups excluding carboxylic acids is 2. The molecular weight excluding hydrogens is 276 g/mol. The van der Waals surface area contributed by atoms with Crippen LogP contribution >= 0.6 is 0 Å². The fourth-order valence-corrected chi connectivity index (χ4v) is 2.84. The lowest BCUT2D eigenvalue weighted by Gasteiger charge is -2.29. The van der Waals surface area contributed by atoms with E-state index in [2.05, 4.69) is 11.4 Å². The normalized spacial score (nSPS) is 13.4. The average Bonchev–Trinajstić information content (AvgIpc) is 2.56. The minimum absolute atomic E-state index is 0.154. The van der Waals surface area contributed by atoms with Gasteiger partial charge in [-0.05, 0) is 43.0 Å². The average molecular weight is 294 g/mol. The van der Waals surface area contributed by atoms with E-state index in [4.69, 9.17) is 0 Å². The first-order valence-electron chi connectivity index (χ1n) is 7.42. The molecule has 1 aliphatic rings. The number of anilines is 2. The maximum absolute atomic E-state index is 12.6. The van der Waals surface area contributed by atoms with Gasteiger partial charge in [-0.3, -0.25) is 9.69 Å². The molecule has 0 aromatic heterocycles. The predicted molar refractivity (Wildman–Crippen MR) is 87.7 cm³/mol. The number of fused-ring (bicyclic) bond motifs is 1. The van der Waals surface area contributed by atoms with E-state index in [1.807, 2.05) is 31.2 Å². The number of para-hydroxylation sites is 1. The van der Waals surface area contributed by atoms with Gasteiger partial charge in [-0.25, -0.2) is 4.79 Å². The molecule has 2 aromatic carbocycles. The lowest BCUT2D eigenvalue weighted by molar-refractivity contribution is 0.112. The second-order valence-corrected chi connectivity index (χ2v) is 5.45. The van der Waals surface area contributed by atoms with Crippen molar-refractivity contribution in [3.63, 3.8) is 0 Å². The highest BCUT2D eigenvalue weighted by atomic mass is 16.2. The zero-order valence-corrected chi connectivity index (χ0v) is 12.5. The van der Waals surface area contributed by atoms with E-state index in [-0.39, 0.29) is 6.03 Å². The highest BCUT2D eigenvalue weighted by molar-refractivity contribution is 6.03. The molecule has 0 unspecified atom stereocenters. The first-order valence-corrected chi connectivity index (χ1v) is 7.42. The van der Waals surface area contributed by atoms with Gasteiger partial charge in [-0.15, -0.1) is 0 Å². The summed E-state index contributed by atoms with van der Waals surface area (Å²) in [7, 11) is 0. The molecular formula is C18H18N2O2. The summed E-state index contributed by atoms with van der Waals surface area (Å²) in [5, 5.41) is 2.92. The smallest absolute Gasteiger partial charge is 0.307 e. The summed E-state index contributed by atoms with van der Waals surface area (Å²) < 4.78 is 0. The molecule has 2 aromatic rings. The van der Waals surface area contributed by atoms with Crippen LogP contribution in [0.15, 0.2) is 42.5 Å². The van der Waals surface area contributed by atoms with Crippen molar-refractivity contribution in [2.24, 2.45) is 0 Å². The Labute approximate surface area is 129 Å². The first kappa shape index (κ1) is 14.3. The zero-order chi connectivity index (χ0) is 15.5. The Kier molecular flexibility index (Phi) is 3.92. The Balaban J connectivity index is 1.86. The third-order valence-corrected chi connectivity index (χ3v) is 4.10. The molecule has 112 valence electrons. The molecule has 22 heavy (non-hydrogen) atoms. The fourth-order valence-electron chi connectivity index (χ4n) is 2.84. The van der Waals surface area contributed by atoms with Crippen molar-refractivity contribution in [2.45, 2.75) is 19.8 Å². The summed E-state index contributed by atoms with van der Waals surface area (Å²) >= 11 is 0. The number of carbonyl (C=O) groups is 2. The Morgan fingerprint density at radius 1 is 1.18 bits per heavy atom. The third kappa shape index (κ3) is 2.60. The zero-order valence-electron chi connectivity index (χ0n) is 12.5. The van der Waals surface area contributed by atoms with Crippen LogP contribution in [-0.2, 0) is 6.42 Å². The first-order chi connectivity index (χ1) is 10.7. The van der Waals surface area contributed by atoms with Gasteiger partial charge in [-0.2, -0.15) is 0 Å². The van der Waals surface area contributed by atoms with Crippen LogP contribution in [0.4, 0.5) is 16.2 Å². The van der Waals surface area contributed by atoms with Crippen molar-refractivity contribution in [3.8, 4) is 0 Å². The number of nitrogens with one attached hydrogen (secondary N) is 1. The van der Waals surface area contributed by atoms with E-state index in [0.29, 0.717) is 17.8 Å². The minimum atomic E-state index is -0.154. The molecule has 4 nitrogen and oxygen atoms in total. The van der Waals surface area contributed by atoms with Crippen LogP contribution in [-0.4, -0.2) is 18.9 Å². The summed E-state index contributed by atoms with van der Waals surface area (Å²) in [5.41, 5.74) is 4.23. The van der Waals surface area contributed by atoms with Crippen LogP contribution in [0.25, 0.3) is 0 Å². The number of amides is 2. The molecule has 0 bridgehead atoms. The van der Waals surface area contributed by atoms with Gasteiger partial charge >= 0.3 is 6.03 Å². The summed E-state index contributed by atoms with van der Waals surface area (Å²) in [5.74, 6) is 0. The molecule has 2 amide bonds. The SMILES string of the molecule is Cc1c(C=O)cccc1NC(=O)N1CCCc2ccccc21. The van der Waals surface area contributed by atoms with Crippen LogP contribution in [0, 0.1) is 6.92 Å². The van der Waals surface area contributed by atoms with Crippen molar-refractivity contribution < 1.29 is 9.59 Å². The second kappa shape index (κ2) is 6.02. The molecule has 0 aliphatic carbocycles. The topological polar surface area (TPSA) is 49.4 Å². The summed E-state index contributed by atoms with van der Waals surface area (Å²) in [6.45, 7) is 2.54. The van der Waals surface area contributed by atoms with Gasteiger partial charge in [0.2, 0.25) is 0 Å². The van der Waals surface area contributed by atoms with E-state index < -0.39 is 0 Å². The maximum atomic E-state index is 12.6. The highest BCUT2D eigenvalue weighted by Crippen LogP contribution is 2.27. The van der Waals surface area contributed by atoms with Crippen LogP contribution in [0.5, 0.6) is 0 Å². The molecule has 0 fully saturated rings. The number of hydrogen-bond donors (Lipinski definition) is 1. The van der Waals surface area contributed by atoms with Gasteiger partial charge in [0.1, 0.15) is 6.29 Å². The van der Waals surface area contributed by atoms with Crippen LogP contribution in [0.2, 0.25) is 0 Å². The van der Waals surface area contributed by atoms with E-state index >= 15 is 0 Å². The molecule has 0 radical (unpaired) electrons. The van der Waals surface area contributed by atoms with E-state index in [1.165, 1.54) is 5.56 Å². The summed E-state index contributed by atoms with van der Waals surface area (Å²) in [6, 6.07) is 13.2. The molecule has 1 N–H and O–H groups in total. The molecule has 1 aliphatic heterocycles. The molecule has 0 saturated heterocycles. The Morgan fingerprint density at radius 2 is 2.00 bits per heavy atom. The van der Waals surface area contributed by atoms with Crippen molar-refractivity contribution in [1.29, 1.82) is 0 Å². The number of aldehydes is 1. The molecule has 4 heteroatoms. The Hall–Kier alpha value is -2.62. The number of aryl methyl sites for hydroxylation is 1. The molecule has 3 rings (SSSR count). The third-order valence-electron chi connectivity index (χ3n) is 4.10. The predicted octanol–water partition coefficient (Wildman–Crippen LogP) is 3.79. The number of nitrogens with zero attached hydrogens (tertiary/aromatic N) is 1. The standard InChI is InChI=1S/C18H18N2O2/c1-13-15(12-21)7-4-9-16(13)19-18(22)20-11-5-8-14-6-2-3-10-17(14)20/h2-4,6-7,9-10,12H,5,8,11H2,1H3,(H,19,22). The molecule has 0 spiro atoms. The van der Waals surface area contributed by atoms with Gasteiger partial charge in [0, 0.05) is 23.5 Å². The van der Waals surface area contributed by atoms with E-state index in [9.17, 15) is 9.59 Å².